The monoisotopic (exact) mass is 361 g/mol. The van der Waals surface area contributed by atoms with Crippen LogP contribution in [0.15, 0.2) is 29.1 Å². The minimum absolute atomic E-state index is 0.00385. The van der Waals surface area contributed by atoms with Crippen LogP contribution in [0.1, 0.15) is 34.1 Å². The maximum absolute atomic E-state index is 12.6. The lowest BCUT2D eigenvalue weighted by Gasteiger charge is -2.17. The zero-order chi connectivity index (χ0) is 19.3. The van der Waals surface area contributed by atoms with E-state index in [1.807, 2.05) is 45.9 Å². The number of esters is 1. The van der Waals surface area contributed by atoms with Gasteiger partial charge in [0.1, 0.15) is 6.54 Å². The van der Waals surface area contributed by atoms with Crippen LogP contribution in [-0.2, 0) is 27.4 Å². The van der Waals surface area contributed by atoms with Gasteiger partial charge in [0.15, 0.2) is 6.61 Å². The fraction of sp³-hybridized carbons (Fsp3) is 0.526. The molecule has 0 saturated heterocycles. The van der Waals surface area contributed by atoms with E-state index >= 15 is 0 Å². The van der Waals surface area contributed by atoms with Gasteiger partial charge in [0.25, 0.3) is 5.91 Å². The number of benzene rings is 1. The summed E-state index contributed by atoms with van der Waals surface area (Å²) < 4.78 is 8.08. The first kappa shape index (κ1) is 19.8. The Morgan fingerprint density at radius 3 is 2.31 bits per heavy atom. The zero-order valence-electron chi connectivity index (χ0n) is 15.8. The molecule has 7 heteroatoms. The number of nitrogens with zero attached hydrogens (tertiary/aromatic N) is 2. The van der Waals surface area contributed by atoms with E-state index in [1.165, 1.54) is 4.57 Å². The molecule has 26 heavy (non-hydrogen) atoms. The number of aromatic nitrogens is 2. The number of carbonyl (C=O) groups is 2. The zero-order valence-corrected chi connectivity index (χ0v) is 15.8. The molecule has 2 aromatic rings. The molecule has 0 aliphatic carbocycles. The third kappa shape index (κ3) is 4.53. The molecule has 0 aliphatic heterocycles. The van der Waals surface area contributed by atoms with Crippen LogP contribution in [-0.4, -0.2) is 33.7 Å². The van der Waals surface area contributed by atoms with E-state index in [0.717, 1.165) is 11.9 Å². The number of nitrogens with one attached hydrogen (secondary N) is 1. The predicted octanol–water partition coefficient (Wildman–Crippen LogP) is 1.92. The number of hydrogen-bond acceptors (Lipinski definition) is 4. The Morgan fingerprint density at radius 2 is 1.73 bits per heavy atom. The number of imidazole rings is 1. The highest BCUT2D eigenvalue weighted by Gasteiger charge is 2.17. The lowest BCUT2D eigenvalue weighted by Crippen LogP contribution is -2.39. The van der Waals surface area contributed by atoms with Crippen molar-refractivity contribution in [1.82, 2.24) is 14.5 Å². The number of fused-ring (bicyclic) bond motifs is 1. The Kier molecular flexibility index (Phi) is 6.60. The minimum Gasteiger partial charge on any atom is -0.454 e. The van der Waals surface area contributed by atoms with Crippen LogP contribution in [0, 0.1) is 5.92 Å². The second-order valence-corrected chi connectivity index (χ2v) is 6.77. The summed E-state index contributed by atoms with van der Waals surface area (Å²) in [6.07, 6.45) is 0.812. The predicted molar refractivity (Wildman–Crippen MR) is 99.9 cm³/mol. The largest absolute Gasteiger partial charge is 0.454 e. The summed E-state index contributed by atoms with van der Waals surface area (Å²) in [6, 6.07) is 7.33. The maximum atomic E-state index is 12.6. The van der Waals surface area contributed by atoms with Crippen molar-refractivity contribution in [2.24, 2.45) is 5.92 Å². The molecule has 0 bridgehead atoms. The fourth-order valence-corrected chi connectivity index (χ4v) is 2.65. The van der Waals surface area contributed by atoms with E-state index in [0.29, 0.717) is 12.1 Å². The van der Waals surface area contributed by atoms with Crippen LogP contribution < -0.4 is 11.0 Å². The topological polar surface area (TPSA) is 82.3 Å². The molecule has 0 spiro atoms. The second kappa shape index (κ2) is 8.69. The molecule has 0 radical (unpaired) electrons. The highest BCUT2D eigenvalue weighted by atomic mass is 16.5. The standard InChI is InChI=1S/C19H27N3O4/c1-5-10-21-15-8-6-7-9-16(15)22(19(21)25)11-18(24)26-12-17(23)20-14(4)13(2)3/h6-9,13-14H,5,10-12H2,1-4H3,(H,20,23). The summed E-state index contributed by atoms with van der Waals surface area (Å²) in [5, 5.41) is 2.77. The van der Waals surface area contributed by atoms with Gasteiger partial charge in [-0.15, -0.1) is 0 Å². The lowest BCUT2D eigenvalue weighted by atomic mass is 10.1. The molecule has 1 aromatic carbocycles. The molecule has 1 N–H and O–H groups in total. The lowest BCUT2D eigenvalue weighted by molar-refractivity contribution is -0.149. The van der Waals surface area contributed by atoms with E-state index in [-0.39, 0.29) is 36.7 Å². The van der Waals surface area contributed by atoms with E-state index in [2.05, 4.69) is 5.32 Å². The molecule has 0 aliphatic rings. The van der Waals surface area contributed by atoms with Crippen molar-refractivity contribution < 1.29 is 14.3 Å². The number of rotatable bonds is 8. The molecule has 7 nitrogen and oxygen atoms in total. The van der Waals surface area contributed by atoms with Gasteiger partial charge >= 0.3 is 11.7 Å². The first-order chi connectivity index (χ1) is 12.3. The van der Waals surface area contributed by atoms with Crippen molar-refractivity contribution >= 4 is 22.9 Å². The summed E-state index contributed by atoms with van der Waals surface area (Å²) in [4.78, 5) is 36.6. The van der Waals surface area contributed by atoms with Gasteiger partial charge < -0.3 is 10.1 Å². The Morgan fingerprint density at radius 1 is 1.12 bits per heavy atom. The Labute approximate surface area is 152 Å². The van der Waals surface area contributed by atoms with Crippen molar-refractivity contribution in [3.63, 3.8) is 0 Å². The molecule has 1 unspecified atom stereocenters. The van der Waals surface area contributed by atoms with Crippen LogP contribution in [0.5, 0.6) is 0 Å². The van der Waals surface area contributed by atoms with Gasteiger partial charge in [-0.05, 0) is 31.4 Å². The van der Waals surface area contributed by atoms with Gasteiger partial charge in [0.05, 0.1) is 11.0 Å². The van der Waals surface area contributed by atoms with Crippen molar-refractivity contribution in [3.05, 3.63) is 34.7 Å². The molecule has 1 aromatic heterocycles. The molecule has 142 valence electrons. The number of amides is 1. The van der Waals surface area contributed by atoms with Crippen LogP contribution in [0.25, 0.3) is 11.0 Å². The number of ether oxygens (including phenoxy) is 1. The normalized spacial score (nSPS) is 12.3. The van der Waals surface area contributed by atoms with Gasteiger partial charge in [0.2, 0.25) is 0 Å². The van der Waals surface area contributed by atoms with Crippen LogP contribution >= 0.6 is 0 Å². The fourth-order valence-electron chi connectivity index (χ4n) is 2.65. The van der Waals surface area contributed by atoms with Gasteiger partial charge in [-0.2, -0.15) is 0 Å². The Bertz CT molecular complexity index is 835. The van der Waals surface area contributed by atoms with Gasteiger partial charge in [0, 0.05) is 12.6 Å². The molecular weight excluding hydrogens is 334 g/mol. The summed E-state index contributed by atoms with van der Waals surface area (Å²) in [6.45, 7) is 7.89. The molecule has 1 heterocycles. The van der Waals surface area contributed by atoms with Gasteiger partial charge in [-0.3, -0.25) is 18.7 Å². The summed E-state index contributed by atoms with van der Waals surface area (Å²) in [7, 11) is 0. The van der Waals surface area contributed by atoms with Crippen LogP contribution in [0.4, 0.5) is 0 Å². The molecule has 1 atom stereocenters. The summed E-state index contributed by atoms with van der Waals surface area (Å²) >= 11 is 0. The molecular formula is C19H27N3O4. The van der Waals surface area contributed by atoms with E-state index < -0.39 is 5.97 Å². The average Bonchev–Trinajstić information content (AvgIpc) is 2.86. The van der Waals surface area contributed by atoms with E-state index in [9.17, 15) is 14.4 Å². The first-order valence-corrected chi connectivity index (χ1v) is 8.98. The Balaban J connectivity index is 2.07. The van der Waals surface area contributed by atoms with Crippen LogP contribution in [0.3, 0.4) is 0 Å². The minimum atomic E-state index is -0.612. The highest BCUT2D eigenvalue weighted by Crippen LogP contribution is 2.13. The second-order valence-electron chi connectivity index (χ2n) is 6.77. The first-order valence-electron chi connectivity index (χ1n) is 8.98. The SMILES string of the molecule is CCCn1c(=O)n(CC(=O)OCC(=O)NC(C)C(C)C)c2ccccc21. The van der Waals surface area contributed by atoms with Crippen molar-refractivity contribution in [1.29, 1.82) is 0 Å². The van der Waals surface area contributed by atoms with Gasteiger partial charge in [-0.1, -0.05) is 32.9 Å². The molecule has 0 fully saturated rings. The average molecular weight is 361 g/mol. The third-order valence-corrected chi connectivity index (χ3v) is 4.41. The third-order valence-electron chi connectivity index (χ3n) is 4.41. The summed E-state index contributed by atoms with van der Waals surface area (Å²) in [5.41, 5.74) is 1.22. The number of para-hydroxylation sites is 2. The number of carbonyl (C=O) groups excluding carboxylic acids is 2. The molecule has 0 saturated carbocycles. The quantitative estimate of drug-likeness (QED) is 0.728. The molecule has 1 amide bonds. The summed E-state index contributed by atoms with van der Waals surface area (Å²) in [5.74, 6) is -0.669. The number of hydrogen-bond donors (Lipinski definition) is 1. The smallest absolute Gasteiger partial charge is 0.329 e. The van der Waals surface area contributed by atoms with Crippen molar-refractivity contribution in [2.45, 2.75) is 53.2 Å². The molecule has 2 rings (SSSR count). The maximum Gasteiger partial charge on any atom is 0.329 e. The highest BCUT2D eigenvalue weighted by molar-refractivity contribution is 5.82. The van der Waals surface area contributed by atoms with Crippen molar-refractivity contribution in [2.75, 3.05) is 6.61 Å². The van der Waals surface area contributed by atoms with Crippen molar-refractivity contribution in [3.8, 4) is 0 Å². The number of aryl methyl sites for hydroxylation is 1. The van der Waals surface area contributed by atoms with E-state index in [1.54, 1.807) is 10.6 Å². The van der Waals surface area contributed by atoms with Gasteiger partial charge in [-0.25, -0.2) is 4.79 Å². The Hall–Kier alpha value is -2.57. The van der Waals surface area contributed by atoms with Crippen LogP contribution in [0.2, 0.25) is 0 Å². The van der Waals surface area contributed by atoms with E-state index in [4.69, 9.17) is 4.74 Å².